The highest BCUT2D eigenvalue weighted by Crippen LogP contribution is 2.31. The molecule has 18 heavy (non-hydrogen) atoms. The maximum absolute atomic E-state index is 12.5. The summed E-state index contributed by atoms with van der Waals surface area (Å²) in [4.78, 5) is 3.30. The predicted molar refractivity (Wildman–Crippen MR) is 67.6 cm³/mol. The molecule has 2 heterocycles. The van der Waals surface area contributed by atoms with Crippen molar-refractivity contribution in [1.29, 1.82) is 0 Å². The van der Waals surface area contributed by atoms with Crippen LogP contribution in [0.1, 0.15) is 12.1 Å². The van der Waals surface area contributed by atoms with Crippen LogP contribution in [0.4, 0.5) is 24.5 Å². The van der Waals surface area contributed by atoms with Crippen LogP contribution in [-0.4, -0.2) is 23.0 Å². The Balaban J connectivity index is 2.06. The van der Waals surface area contributed by atoms with Crippen LogP contribution in [0.3, 0.4) is 0 Å². The zero-order valence-corrected chi connectivity index (χ0v) is 10.4. The van der Waals surface area contributed by atoms with Gasteiger partial charge < -0.3 is 11.1 Å². The molecular formula is C11H14F3N3S. The van der Waals surface area contributed by atoms with E-state index in [0.29, 0.717) is 18.2 Å². The summed E-state index contributed by atoms with van der Waals surface area (Å²) >= 11 is 1.87. The molecule has 1 saturated heterocycles. The van der Waals surface area contributed by atoms with Crippen LogP contribution in [0.5, 0.6) is 0 Å². The van der Waals surface area contributed by atoms with Crippen molar-refractivity contribution < 1.29 is 13.2 Å². The van der Waals surface area contributed by atoms with E-state index in [1.807, 2.05) is 11.8 Å². The number of aromatic nitrogens is 1. The van der Waals surface area contributed by atoms with E-state index in [1.54, 1.807) is 0 Å². The Labute approximate surface area is 107 Å². The molecule has 0 radical (unpaired) electrons. The molecule has 7 heteroatoms. The van der Waals surface area contributed by atoms with Crippen molar-refractivity contribution in [2.75, 3.05) is 29.1 Å². The summed E-state index contributed by atoms with van der Waals surface area (Å²) in [6.07, 6.45) is -2.29. The second-order valence-electron chi connectivity index (χ2n) is 4.27. The number of nitrogen functional groups attached to an aromatic ring is 1. The third-order valence-electron chi connectivity index (χ3n) is 2.83. The summed E-state index contributed by atoms with van der Waals surface area (Å²) in [5, 5.41) is 2.99. The Morgan fingerprint density at radius 3 is 2.89 bits per heavy atom. The zero-order valence-electron chi connectivity index (χ0n) is 9.63. The van der Waals surface area contributed by atoms with Crippen molar-refractivity contribution in [3.05, 3.63) is 18.0 Å². The van der Waals surface area contributed by atoms with E-state index in [4.69, 9.17) is 5.73 Å². The summed E-state index contributed by atoms with van der Waals surface area (Å²) in [5.41, 5.74) is 5.26. The van der Waals surface area contributed by atoms with Gasteiger partial charge in [0.1, 0.15) is 5.69 Å². The topological polar surface area (TPSA) is 50.9 Å². The number of halogens is 3. The summed E-state index contributed by atoms with van der Waals surface area (Å²) in [7, 11) is 0. The maximum atomic E-state index is 12.5. The monoisotopic (exact) mass is 277 g/mol. The van der Waals surface area contributed by atoms with Gasteiger partial charge in [0.25, 0.3) is 0 Å². The summed E-state index contributed by atoms with van der Waals surface area (Å²) < 4.78 is 37.5. The molecule has 1 aromatic rings. The van der Waals surface area contributed by atoms with E-state index < -0.39 is 11.9 Å². The molecule has 2 rings (SSSR count). The van der Waals surface area contributed by atoms with Crippen molar-refractivity contribution in [3.63, 3.8) is 0 Å². The first kappa shape index (κ1) is 13.3. The van der Waals surface area contributed by atoms with Gasteiger partial charge in [0.05, 0.1) is 17.6 Å². The Hall–Kier alpha value is -1.11. The summed E-state index contributed by atoms with van der Waals surface area (Å²) in [5.74, 6) is 2.66. The molecule has 0 saturated carbocycles. The number of alkyl halides is 3. The third-order valence-corrected chi connectivity index (χ3v) is 4.06. The fourth-order valence-electron chi connectivity index (χ4n) is 1.77. The first-order valence-corrected chi connectivity index (χ1v) is 6.76. The normalized spacial score (nSPS) is 20.1. The van der Waals surface area contributed by atoms with Crippen LogP contribution >= 0.6 is 11.8 Å². The molecule has 1 aromatic heterocycles. The standard InChI is InChI=1S/C11H14F3N3S/c12-11(13,14)10-3-9(8(15)5-17-10)16-4-7-1-2-18-6-7/h3,5,7H,1-2,4,6,15H2,(H,16,17). The fraction of sp³-hybridized carbons (Fsp3) is 0.545. The van der Waals surface area contributed by atoms with Gasteiger partial charge in [-0.2, -0.15) is 24.9 Å². The number of anilines is 2. The van der Waals surface area contributed by atoms with Gasteiger partial charge >= 0.3 is 6.18 Å². The van der Waals surface area contributed by atoms with E-state index in [2.05, 4.69) is 10.3 Å². The lowest BCUT2D eigenvalue weighted by Crippen LogP contribution is -2.16. The highest BCUT2D eigenvalue weighted by Gasteiger charge is 2.33. The molecule has 0 spiro atoms. The van der Waals surface area contributed by atoms with Crippen LogP contribution in [-0.2, 0) is 6.18 Å². The van der Waals surface area contributed by atoms with Crippen LogP contribution in [0.2, 0.25) is 0 Å². The predicted octanol–water partition coefficient (Wildman–Crippen LogP) is 2.85. The van der Waals surface area contributed by atoms with Crippen LogP contribution < -0.4 is 11.1 Å². The summed E-state index contributed by atoms with van der Waals surface area (Å²) in [6.45, 7) is 0.651. The highest BCUT2D eigenvalue weighted by molar-refractivity contribution is 7.99. The molecule has 3 N–H and O–H groups in total. The number of hydrogen-bond acceptors (Lipinski definition) is 4. The number of rotatable bonds is 3. The van der Waals surface area contributed by atoms with Crippen LogP contribution in [0, 0.1) is 5.92 Å². The van der Waals surface area contributed by atoms with Crippen molar-refractivity contribution in [2.24, 2.45) is 5.92 Å². The van der Waals surface area contributed by atoms with Gasteiger partial charge in [-0.15, -0.1) is 0 Å². The van der Waals surface area contributed by atoms with Crippen molar-refractivity contribution in [2.45, 2.75) is 12.6 Å². The largest absolute Gasteiger partial charge is 0.433 e. The molecule has 1 fully saturated rings. The molecule has 0 bridgehead atoms. The lowest BCUT2D eigenvalue weighted by molar-refractivity contribution is -0.141. The molecule has 1 aliphatic heterocycles. The minimum Gasteiger partial charge on any atom is -0.396 e. The Kier molecular flexibility index (Phi) is 3.89. The van der Waals surface area contributed by atoms with Gasteiger partial charge in [-0.1, -0.05) is 0 Å². The van der Waals surface area contributed by atoms with Crippen molar-refractivity contribution in [1.82, 2.24) is 4.98 Å². The molecule has 0 aromatic carbocycles. The number of nitrogens with two attached hydrogens (primary N) is 1. The second kappa shape index (κ2) is 5.26. The fourth-order valence-corrected chi connectivity index (χ4v) is 3.06. The van der Waals surface area contributed by atoms with Crippen LogP contribution in [0.25, 0.3) is 0 Å². The molecule has 100 valence electrons. The van der Waals surface area contributed by atoms with Gasteiger partial charge in [0.2, 0.25) is 0 Å². The quantitative estimate of drug-likeness (QED) is 0.892. The highest BCUT2D eigenvalue weighted by atomic mass is 32.2. The van der Waals surface area contributed by atoms with E-state index in [9.17, 15) is 13.2 Å². The second-order valence-corrected chi connectivity index (χ2v) is 5.41. The smallest absolute Gasteiger partial charge is 0.396 e. The molecular weight excluding hydrogens is 263 g/mol. The Morgan fingerprint density at radius 2 is 2.28 bits per heavy atom. The van der Waals surface area contributed by atoms with E-state index in [-0.39, 0.29) is 5.69 Å². The number of thioether (sulfide) groups is 1. The number of nitrogens with zero attached hydrogens (tertiary/aromatic N) is 1. The molecule has 1 unspecified atom stereocenters. The Morgan fingerprint density at radius 1 is 1.50 bits per heavy atom. The van der Waals surface area contributed by atoms with E-state index >= 15 is 0 Å². The molecule has 0 aliphatic carbocycles. The average molecular weight is 277 g/mol. The van der Waals surface area contributed by atoms with Crippen molar-refractivity contribution in [3.8, 4) is 0 Å². The molecule has 1 atom stereocenters. The Bertz CT molecular complexity index is 416. The van der Waals surface area contributed by atoms with Gasteiger partial charge in [-0.25, -0.2) is 4.98 Å². The molecule has 0 amide bonds. The number of hydrogen-bond donors (Lipinski definition) is 2. The lowest BCUT2D eigenvalue weighted by atomic mass is 10.1. The first-order chi connectivity index (χ1) is 8.47. The average Bonchev–Trinajstić information content (AvgIpc) is 2.79. The van der Waals surface area contributed by atoms with Crippen molar-refractivity contribution >= 4 is 23.1 Å². The minimum absolute atomic E-state index is 0.244. The number of nitrogens with one attached hydrogen (secondary N) is 1. The van der Waals surface area contributed by atoms with Gasteiger partial charge in [-0.05, 0) is 29.9 Å². The minimum atomic E-state index is -4.44. The van der Waals surface area contributed by atoms with Gasteiger partial charge in [-0.3, -0.25) is 0 Å². The summed E-state index contributed by atoms with van der Waals surface area (Å²) in [6, 6.07) is 0.970. The van der Waals surface area contributed by atoms with E-state index in [0.717, 1.165) is 30.2 Å². The maximum Gasteiger partial charge on any atom is 0.433 e. The van der Waals surface area contributed by atoms with Gasteiger partial charge in [0.15, 0.2) is 0 Å². The van der Waals surface area contributed by atoms with E-state index in [1.165, 1.54) is 0 Å². The lowest BCUT2D eigenvalue weighted by Gasteiger charge is -2.14. The first-order valence-electron chi connectivity index (χ1n) is 5.61. The van der Waals surface area contributed by atoms with Gasteiger partial charge in [0, 0.05) is 6.54 Å². The molecule has 3 nitrogen and oxygen atoms in total. The van der Waals surface area contributed by atoms with Crippen LogP contribution in [0.15, 0.2) is 12.3 Å². The molecule has 1 aliphatic rings. The number of pyridine rings is 1. The third kappa shape index (κ3) is 3.22. The SMILES string of the molecule is Nc1cnc(C(F)(F)F)cc1NCC1CCSC1. The zero-order chi connectivity index (χ0) is 13.2.